The van der Waals surface area contributed by atoms with E-state index < -0.39 is 10.0 Å². The molecule has 2 heterocycles. The summed E-state index contributed by atoms with van der Waals surface area (Å²) in [5, 5.41) is 9.79. The van der Waals surface area contributed by atoms with Crippen LogP contribution in [0.3, 0.4) is 0 Å². The predicted octanol–water partition coefficient (Wildman–Crippen LogP) is 0.0945. The molecule has 1 atom stereocenters. The Morgan fingerprint density at radius 1 is 1.55 bits per heavy atom. The number of aromatic nitrogens is 2. The number of hydrogen-bond acceptors (Lipinski definition) is 5. The minimum absolute atomic E-state index is 0.273. The van der Waals surface area contributed by atoms with E-state index in [1.165, 1.54) is 4.31 Å². The molecule has 1 fully saturated rings. The molecule has 1 saturated heterocycles. The highest BCUT2D eigenvalue weighted by molar-refractivity contribution is 7.89. The number of methoxy groups -OCH3 is 1. The summed E-state index contributed by atoms with van der Waals surface area (Å²) in [4.78, 5) is 0.310. The van der Waals surface area contributed by atoms with E-state index in [0.717, 1.165) is 6.42 Å². The van der Waals surface area contributed by atoms with Crippen LogP contribution >= 0.6 is 0 Å². The maximum atomic E-state index is 12.8. The van der Waals surface area contributed by atoms with Crippen molar-refractivity contribution in [1.82, 2.24) is 19.8 Å². The van der Waals surface area contributed by atoms with E-state index in [2.05, 4.69) is 15.5 Å². The fraction of sp³-hybridized carbons (Fsp3) is 0.750. The van der Waals surface area contributed by atoms with Crippen molar-refractivity contribution in [3.05, 3.63) is 11.4 Å². The van der Waals surface area contributed by atoms with Crippen molar-refractivity contribution < 1.29 is 13.2 Å². The Kier molecular flexibility index (Phi) is 4.79. The second kappa shape index (κ2) is 6.21. The lowest BCUT2D eigenvalue weighted by Crippen LogP contribution is -2.30. The Labute approximate surface area is 119 Å². The van der Waals surface area contributed by atoms with Crippen molar-refractivity contribution in [3.63, 3.8) is 0 Å². The number of aromatic amines is 1. The van der Waals surface area contributed by atoms with E-state index in [0.29, 0.717) is 42.5 Å². The minimum atomic E-state index is -3.49. The summed E-state index contributed by atoms with van der Waals surface area (Å²) in [6.45, 7) is 3.81. The van der Waals surface area contributed by atoms with Gasteiger partial charge < -0.3 is 10.1 Å². The van der Waals surface area contributed by atoms with Gasteiger partial charge in [-0.2, -0.15) is 9.40 Å². The topological polar surface area (TPSA) is 87.3 Å². The minimum Gasteiger partial charge on any atom is -0.384 e. The molecule has 1 aliphatic rings. The molecule has 2 N–H and O–H groups in total. The molecular weight excluding hydrogens is 280 g/mol. The molecule has 8 heteroatoms. The van der Waals surface area contributed by atoms with Crippen molar-refractivity contribution >= 4 is 10.0 Å². The van der Waals surface area contributed by atoms with Gasteiger partial charge >= 0.3 is 0 Å². The summed E-state index contributed by atoms with van der Waals surface area (Å²) in [5.41, 5.74) is 1.13. The molecule has 0 bridgehead atoms. The fourth-order valence-corrected chi connectivity index (χ4v) is 4.47. The zero-order valence-corrected chi connectivity index (χ0v) is 13.0. The molecule has 114 valence electrons. The van der Waals surface area contributed by atoms with Crippen LogP contribution < -0.4 is 5.32 Å². The summed E-state index contributed by atoms with van der Waals surface area (Å²) in [6.07, 6.45) is 0.839. The SMILES string of the molecule is CNCc1n[nH]c(C)c1S(=O)(=O)N1CCC(COC)C1. The number of rotatable bonds is 6. The lowest BCUT2D eigenvalue weighted by molar-refractivity contribution is 0.157. The largest absolute Gasteiger partial charge is 0.384 e. The Bertz CT molecular complexity index is 555. The zero-order chi connectivity index (χ0) is 14.8. The molecule has 20 heavy (non-hydrogen) atoms. The van der Waals surface area contributed by atoms with Crippen LogP contribution in [0.4, 0.5) is 0 Å². The molecule has 0 spiro atoms. The van der Waals surface area contributed by atoms with Crippen LogP contribution in [-0.4, -0.2) is 56.8 Å². The third-order valence-corrected chi connectivity index (χ3v) is 5.62. The number of hydrogen-bond donors (Lipinski definition) is 2. The number of nitrogens with one attached hydrogen (secondary N) is 2. The fourth-order valence-electron chi connectivity index (χ4n) is 2.62. The third kappa shape index (κ3) is 2.88. The lowest BCUT2D eigenvalue weighted by Gasteiger charge is -2.17. The Balaban J connectivity index is 2.25. The number of aryl methyl sites for hydroxylation is 1. The van der Waals surface area contributed by atoms with Crippen LogP contribution in [0.15, 0.2) is 4.90 Å². The van der Waals surface area contributed by atoms with Crippen LogP contribution in [0, 0.1) is 12.8 Å². The Morgan fingerprint density at radius 2 is 2.30 bits per heavy atom. The van der Waals surface area contributed by atoms with Crippen molar-refractivity contribution in [2.24, 2.45) is 5.92 Å². The van der Waals surface area contributed by atoms with Gasteiger partial charge in [0, 0.05) is 26.7 Å². The molecule has 1 aromatic heterocycles. The van der Waals surface area contributed by atoms with Crippen LogP contribution in [0.25, 0.3) is 0 Å². The zero-order valence-electron chi connectivity index (χ0n) is 12.1. The predicted molar refractivity (Wildman–Crippen MR) is 74.8 cm³/mol. The van der Waals surface area contributed by atoms with Crippen LogP contribution in [0.5, 0.6) is 0 Å². The molecule has 0 amide bonds. The highest BCUT2D eigenvalue weighted by atomic mass is 32.2. The van der Waals surface area contributed by atoms with Gasteiger partial charge in [0.25, 0.3) is 0 Å². The van der Waals surface area contributed by atoms with Gasteiger partial charge in [0.1, 0.15) is 4.90 Å². The van der Waals surface area contributed by atoms with Gasteiger partial charge in [-0.15, -0.1) is 0 Å². The van der Waals surface area contributed by atoms with Gasteiger partial charge in [-0.3, -0.25) is 5.10 Å². The Hall–Kier alpha value is -0.960. The standard InChI is InChI=1S/C12H22N4O3S/c1-9-12(11(6-13-2)15-14-9)20(17,18)16-5-4-10(7-16)8-19-3/h10,13H,4-8H2,1-3H3,(H,14,15). The van der Waals surface area contributed by atoms with Gasteiger partial charge in [0.15, 0.2) is 0 Å². The molecule has 7 nitrogen and oxygen atoms in total. The first-order chi connectivity index (χ1) is 9.50. The summed E-state index contributed by atoms with van der Waals surface area (Å²) in [5.74, 6) is 0.273. The maximum absolute atomic E-state index is 12.8. The molecule has 0 radical (unpaired) electrons. The van der Waals surface area contributed by atoms with Gasteiger partial charge in [-0.1, -0.05) is 0 Å². The summed E-state index contributed by atoms with van der Waals surface area (Å²) >= 11 is 0. The normalized spacial score (nSPS) is 20.6. The molecule has 2 rings (SSSR count). The smallest absolute Gasteiger partial charge is 0.246 e. The number of sulfonamides is 1. The monoisotopic (exact) mass is 302 g/mol. The van der Waals surface area contributed by atoms with Crippen LogP contribution in [0.2, 0.25) is 0 Å². The van der Waals surface area contributed by atoms with E-state index in [1.54, 1.807) is 21.1 Å². The van der Waals surface area contributed by atoms with Crippen molar-refractivity contribution in [2.75, 3.05) is 33.9 Å². The highest BCUT2D eigenvalue weighted by Gasteiger charge is 2.35. The quantitative estimate of drug-likeness (QED) is 0.778. The third-order valence-electron chi connectivity index (χ3n) is 3.55. The Morgan fingerprint density at radius 3 is 2.95 bits per heavy atom. The first-order valence-corrected chi connectivity index (χ1v) is 8.12. The first kappa shape index (κ1) is 15.4. The maximum Gasteiger partial charge on any atom is 0.246 e. The molecule has 0 aliphatic carbocycles. The lowest BCUT2D eigenvalue weighted by atomic mass is 10.1. The molecule has 1 unspecified atom stereocenters. The average Bonchev–Trinajstić information content (AvgIpc) is 2.98. The molecule has 1 aromatic rings. The second-order valence-electron chi connectivity index (χ2n) is 5.13. The molecule has 1 aliphatic heterocycles. The van der Waals surface area contributed by atoms with Crippen molar-refractivity contribution in [2.45, 2.75) is 24.8 Å². The highest BCUT2D eigenvalue weighted by Crippen LogP contribution is 2.27. The molecular formula is C12H22N4O3S. The van der Waals surface area contributed by atoms with Gasteiger partial charge in [0.2, 0.25) is 10.0 Å². The molecule has 0 saturated carbocycles. The summed E-state index contributed by atoms with van der Waals surface area (Å²) < 4.78 is 32.2. The number of ether oxygens (including phenoxy) is 1. The van der Waals surface area contributed by atoms with E-state index >= 15 is 0 Å². The summed E-state index contributed by atoms with van der Waals surface area (Å²) in [7, 11) is -0.0761. The summed E-state index contributed by atoms with van der Waals surface area (Å²) in [6, 6.07) is 0. The number of nitrogens with zero attached hydrogens (tertiary/aromatic N) is 2. The van der Waals surface area contributed by atoms with E-state index in [1.807, 2.05) is 0 Å². The number of H-pyrrole nitrogens is 1. The van der Waals surface area contributed by atoms with Crippen LogP contribution in [-0.2, 0) is 21.3 Å². The van der Waals surface area contributed by atoms with E-state index in [9.17, 15) is 8.42 Å². The second-order valence-corrected chi connectivity index (χ2v) is 7.00. The van der Waals surface area contributed by atoms with Crippen molar-refractivity contribution in [1.29, 1.82) is 0 Å². The van der Waals surface area contributed by atoms with Gasteiger partial charge in [0.05, 0.1) is 18.0 Å². The average molecular weight is 302 g/mol. The first-order valence-electron chi connectivity index (χ1n) is 6.68. The van der Waals surface area contributed by atoms with Gasteiger partial charge in [-0.05, 0) is 26.3 Å². The molecule has 0 aromatic carbocycles. The van der Waals surface area contributed by atoms with E-state index in [-0.39, 0.29) is 5.92 Å². The van der Waals surface area contributed by atoms with E-state index in [4.69, 9.17) is 4.74 Å². The van der Waals surface area contributed by atoms with Crippen LogP contribution in [0.1, 0.15) is 17.8 Å². The van der Waals surface area contributed by atoms with Gasteiger partial charge in [-0.25, -0.2) is 8.42 Å². The van der Waals surface area contributed by atoms with Crippen molar-refractivity contribution in [3.8, 4) is 0 Å².